The summed E-state index contributed by atoms with van der Waals surface area (Å²) in [5.74, 6) is 0.628. The van der Waals surface area contributed by atoms with E-state index in [9.17, 15) is 4.79 Å². The zero-order valence-electron chi connectivity index (χ0n) is 11.6. The highest BCUT2D eigenvalue weighted by atomic mass is 16.1. The van der Waals surface area contributed by atoms with Crippen molar-refractivity contribution in [2.45, 2.75) is 74.4 Å². The fourth-order valence-electron chi connectivity index (χ4n) is 1.47. The van der Waals surface area contributed by atoms with Gasteiger partial charge >= 0.3 is 0 Å². The quantitative estimate of drug-likeness (QED) is 0.800. The van der Waals surface area contributed by atoms with Gasteiger partial charge in [-0.05, 0) is 26.7 Å². The highest BCUT2D eigenvalue weighted by molar-refractivity contribution is 5.89. The van der Waals surface area contributed by atoms with Crippen molar-refractivity contribution < 1.29 is 4.79 Å². The van der Waals surface area contributed by atoms with Crippen LogP contribution in [-0.4, -0.2) is 17.4 Å². The Morgan fingerprint density at radius 2 is 1.38 bits per heavy atom. The second kappa shape index (κ2) is 5.81. The van der Waals surface area contributed by atoms with Crippen LogP contribution < -0.4 is 5.32 Å². The van der Waals surface area contributed by atoms with Crippen LogP contribution >= 0.6 is 0 Å². The van der Waals surface area contributed by atoms with Gasteiger partial charge in [-0.3, -0.25) is 4.79 Å². The first-order chi connectivity index (χ1) is 6.45. The Balaban J connectivity index is 0. The molecule has 0 amide bonds. The van der Waals surface area contributed by atoms with Gasteiger partial charge in [-0.1, -0.05) is 42.0 Å². The van der Waals surface area contributed by atoms with E-state index >= 15 is 0 Å². The highest BCUT2D eigenvalue weighted by Crippen LogP contribution is 2.21. The first-order valence-electron chi connectivity index (χ1n) is 5.77. The van der Waals surface area contributed by atoms with Crippen LogP contribution in [0.15, 0.2) is 0 Å². The average Bonchev–Trinajstić information content (AvgIpc) is 1.94. The van der Waals surface area contributed by atoms with Crippen LogP contribution in [0.1, 0.15) is 62.8 Å². The van der Waals surface area contributed by atoms with Gasteiger partial charge < -0.3 is 5.32 Å². The molecule has 0 aromatic carbocycles. The molecule has 98 valence electrons. The lowest BCUT2D eigenvalue weighted by atomic mass is 9.81. The Morgan fingerprint density at radius 3 is 1.56 bits per heavy atom. The minimum Gasteiger partial charge on any atom is -0.302 e. The third kappa shape index (κ3) is 6.26. The van der Waals surface area contributed by atoms with E-state index in [1.807, 2.05) is 20.8 Å². The van der Waals surface area contributed by atoms with Crippen LogP contribution in [0.25, 0.3) is 0 Å². The second-order valence-electron chi connectivity index (χ2n) is 6.73. The van der Waals surface area contributed by atoms with Crippen molar-refractivity contribution in [3.63, 3.8) is 0 Å². The van der Waals surface area contributed by atoms with Crippen LogP contribution in [0.5, 0.6) is 0 Å². The molecule has 0 radical (unpaired) electrons. The van der Waals surface area contributed by atoms with Crippen LogP contribution in [-0.2, 0) is 4.79 Å². The number of hydrogen-bond acceptors (Lipinski definition) is 2. The first kappa shape index (κ1) is 18.0. The Morgan fingerprint density at radius 1 is 1.00 bits per heavy atom. The van der Waals surface area contributed by atoms with E-state index in [-0.39, 0.29) is 24.4 Å². The van der Waals surface area contributed by atoms with Crippen molar-refractivity contribution in [3.8, 4) is 0 Å². The monoisotopic (exact) mass is 229 g/mol. The smallest absolute Gasteiger partial charge is 0.155 e. The Kier molecular flexibility index (Phi) is 6.54. The molecule has 0 bridgehead atoms. The molecule has 2 heteroatoms. The van der Waals surface area contributed by atoms with E-state index in [0.717, 1.165) is 0 Å². The Bertz CT molecular complexity index is 218. The van der Waals surface area contributed by atoms with E-state index in [0.29, 0.717) is 11.7 Å². The summed E-state index contributed by atoms with van der Waals surface area (Å²) >= 11 is 0. The van der Waals surface area contributed by atoms with Gasteiger partial charge in [-0.15, -0.1) is 0 Å². The Hall–Kier alpha value is -0.370. The van der Waals surface area contributed by atoms with Crippen molar-refractivity contribution in [1.29, 1.82) is 0 Å². The lowest BCUT2D eigenvalue weighted by Gasteiger charge is -2.34. The molecule has 0 aromatic rings. The van der Waals surface area contributed by atoms with E-state index in [1.54, 1.807) is 0 Å². The lowest BCUT2D eigenvalue weighted by Crippen LogP contribution is -2.53. The number of carbonyl (C=O) groups excluding carboxylic acids is 1. The van der Waals surface area contributed by atoms with Gasteiger partial charge in [0.05, 0.1) is 6.04 Å². The maximum atomic E-state index is 12.2. The fourth-order valence-corrected chi connectivity index (χ4v) is 1.47. The molecular formula is C14H31NO. The predicted molar refractivity (Wildman–Crippen MR) is 72.7 cm³/mol. The molecule has 0 heterocycles. The van der Waals surface area contributed by atoms with E-state index in [4.69, 9.17) is 0 Å². The lowest BCUT2D eigenvalue weighted by molar-refractivity contribution is -0.130. The molecule has 2 nitrogen and oxygen atoms in total. The number of hydrogen-bond donors (Lipinski definition) is 1. The summed E-state index contributed by atoms with van der Waals surface area (Å²) in [5, 5.41) is 3.41. The van der Waals surface area contributed by atoms with Crippen LogP contribution in [0, 0.1) is 11.3 Å². The number of rotatable bonds is 3. The molecule has 1 N–H and O–H groups in total. The molecule has 0 aliphatic rings. The summed E-state index contributed by atoms with van der Waals surface area (Å²) in [6, 6.07) is -0.0509. The van der Waals surface area contributed by atoms with Crippen LogP contribution in [0.4, 0.5) is 0 Å². The van der Waals surface area contributed by atoms with Gasteiger partial charge in [0.2, 0.25) is 0 Å². The zero-order chi connectivity index (χ0) is 12.4. The van der Waals surface area contributed by atoms with Gasteiger partial charge in [0.15, 0.2) is 5.78 Å². The van der Waals surface area contributed by atoms with Gasteiger partial charge in [-0.25, -0.2) is 0 Å². The topological polar surface area (TPSA) is 29.1 Å². The third-order valence-corrected chi connectivity index (χ3v) is 2.28. The molecule has 1 atom stereocenters. The summed E-state index contributed by atoms with van der Waals surface area (Å²) < 4.78 is 0. The van der Waals surface area contributed by atoms with Crippen molar-refractivity contribution in [2.75, 3.05) is 0 Å². The fraction of sp³-hybridized carbons (Fsp3) is 0.929. The van der Waals surface area contributed by atoms with E-state index < -0.39 is 0 Å². The van der Waals surface area contributed by atoms with Crippen molar-refractivity contribution >= 4 is 5.78 Å². The molecule has 0 spiro atoms. The van der Waals surface area contributed by atoms with E-state index in [2.05, 4.69) is 39.9 Å². The molecule has 0 aliphatic carbocycles. The highest BCUT2D eigenvalue weighted by Gasteiger charge is 2.33. The van der Waals surface area contributed by atoms with Gasteiger partial charge in [0.1, 0.15) is 0 Å². The molecular weight excluding hydrogens is 198 g/mol. The molecule has 16 heavy (non-hydrogen) atoms. The first-order valence-corrected chi connectivity index (χ1v) is 5.77. The maximum absolute atomic E-state index is 12.2. The van der Waals surface area contributed by atoms with E-state index in [1.165, 1.54) is 0 Å². The van der Waals surface area contributed by atoms with Crippen molar-refractivity contribution in [3.05, 3.63) is 0 Å². The summed E-state index contributed by atoms with van der Waals surface area (Å²) in [6.45, 7) is 16.4. The van der Waals surface area contributed by atoms with Crippen LogP contribution in [0.3, 0.4) is 0 Å². The number of nitrogens with one attached hydrogen (secondary N) is 1. The normalized spacial score (nSPS) is 14.6. The number of carbonyl (C=O) groups is 1. The maximum Gasteiger partial charge on any atom is 0.155 e. The minimum absolute atomic E-state index is 0. The summed E-state index contributed by atoms with van der Waals surface area (Å²) in [4.78, 5) is 12.2. The van der Waals surface area contributed by atoms with Gasteiger partial charge in [-0.2, -0.15) is 0 Å². The third-order valence-electron chi connectivity index (χ3n) is 2.28. The van der Waals surface area contributed by atoms with Gasteiger partial charge in [0.25, 0.3) is 0 Å². The summed E-state index contributed by atoms with van der Waals surface area (Å²) in [6.07, 6.45) is 0. The molecule has 0 aliphatic heterocycles. The molecule has 0 aromatic heterocycles. The Labute approximate surface area is 102 Å². The SMILES string of the molecule is C.CC(C)C(NC(C)(C)C)C(=O)C(C)(C)C. The van der Waals surface area contributed by atoms with Gasteiger partial charge in [0, 0.05) is 11.0 Å². The molecule has 0 rings (SSSR count). The molecule has 0 fully saturated rings. The number of Topliss-reactive ketones (excluding diaryl/α,β-unsaturated/α-hetero) is 1. The molecule has 0 saturated carbocycles. The zero-order valence-corrected chi connectivity index (χ0v) is 11.6. The second-order valence-corrected chi connectivity index (χ2v) is 6.73. The minimum atomic E-state index is -0.271. The van der Waals surface area contributed by atoms with Crippen LogP contribution in [0.2, 0.25) is 0 Å². The predicted octanol–water partition coefficient (Wildman–Crippen LogP) is 3.65. The number of ketones is 1. The van der Waals surface area contributed by atoms with Crippen molar-refractivity contribution in [1.82, 2.24) is 5.32 Å². The average molecular weight is 229 g/mol. The summed E-state index contributed by atoms with van der Waals surface area (Å²) in [5.41, 5.74) is -0.289. The largest absolute Gasteiger partial charge is 0.302 e. The summed E-state index contributed by atoms with van der Waals surface area (Å²) in [7, 11) is 0. The molecule has 1 unspecified atom stereocenters. The molecule has 0 saturated heterocycles. The van der Waals surface area contributed by atoms with Crippen molar-refractivity contribution in [2.24, 2.45) is 11.3 Å². The standard InChI is InChI=1S/C13H27NO.CH4/c1-9(2)10(14-13(6,7)8)11(15)12(3,4)5;/h9-10,14H,1-8H3;1H4.